The molecule has 6 heteroatoms. The summed E-state index contributed by atoms with van der Waals surface area (Å²) in [6, 6.07) is 19.9. The van der Waals surface area contributed by atoms with Crippen molar-refractivity contribution in [3.8, 4) is 0 Å². The van der Waals surface area contributed by atoms with E-state index < -0.39 is 0 Å². The van der Waals surface area contributed by atoms with Crippen LogP contribution >= 0.6 is 11.8 Å². The second kappa shape index (κ2) is 8.67. The third-order valence-corrected chi connectivity index (χ3v) is 5.11. The van der Waals surface area contributed by atoms with Crippen molar-refractivity contribution in [3.63, 3.8) is 0 Å². The van der Waals surface area contributed by atoms with Crippen LogP contribution in [0.3, 0.4) is 0 Å². The summed E-state index contributed by atoms with van der Waals surface area (Å²) >= 11 is 1.43. The van der Waals surface area contributed by atoms with Crippen LogP contribution in [0.1, 0.15) is 18.3 Å². The molecular weight excluding hydrogens is 344 g/mol. The van der Waals surface area contributed by atoms with E-state index in [0.29, 0.717) is 5.75 Å². The van der Waals surface area contributed by atoms with Gasteiger partial charge in [0.05, 0.1) is 5.75 Å². The standard InChI is InChI=1S/C20H22N4OS/c1-3-24-18(14-16-10-6-4-7-11-16)21-22-20(24)26-15-19(25)23(2)17-12-8-5-9-13-17/h4-13H,3,14-15H2,1-2H3. The zero-order valence-electron chi connectivity index (χ0n) is 15.0. The maximum Gasteiger partial charge on any atom is 0.237 e. The zero-order chi connectivity index (χ0) is 18.4. The fourth-order valence-electron chi connectivity index (χ4n) is 2.67. The minimum Gasteiger partial charge on any atom is -0.315 e. The topological polar surface area (TPSA) is 51.0 Å². The third-order valence-electron chi connectivity index (χ3n) is 4.16. The van der Waals surface area contributed by atoms with Crippen LogP contribution in [0, 0.1) is 0 Å². The van der Waals surface area contributed by atoms with Gasteiger partial charge in [-0.2, -0.15) is 0 Å². The summed E-state index contributed by atoms with van der Waals surface area (Å²) in [6.07, 6.45) is 0.736. The van der Waals surface area contributed by atoms with Crippen LogP contribution in [0.15, 0.2) is 65.8 Å². The summed E-state index contributed by atoms with van der Waals surface area (Å²) in [7, 11) is 1.80. The molecular formula is C20H22N4OS. The molecule has 0 unspecified atom stereocenters. The SMILES string of the molecule is CCn1c(Cc2ccccc2)nnc1SCC(=O)N(C)c1ccccc1. The molecule has 0 aliphatic heterocycles. The summed E-state index contributed by atoms with van der Waals surface area (Å²) in [5.74, 6) is 1.29. The highest BCUT2D eigenvalue weighted by atomic mass is 32.2. The van der Waals surface area contributed by atoms with Crippen molar-refractivity contribution in [3.05, 3.63) is 72.1 Å². The Bertz CT molecular complexity index is 849. The number of amides is 1. The first kappa shape index (κ1) is 18.2. The molecule has 0 saturated heterocycles. The third kappa shape index (κ3) is 4.32. The van der Waals surface area contributed by atoms with Crippen molar-refractivity contribution in [2.45, 2.75) is 25.0 Å². The molecule has 0 bridgehead atoms. The first-order chi connectivity index (χ1) is 12.7. The molecule has 0 saturated carbocycles. The van der Waals surface area contributed by atoms with Gasteiger partial charge in [0.2, 0.25) is 5.91 Å². The molecule has 0 atom stereocenters. The van der Waals surface area contributed by atoms with Gasteiger partial charge in [-0.15, -0.1) is 10.2 Å². The summed E-state index contributed by atoms with van der Waals surface area (Å²) < 4.78 is 2.08. The molecule has 1 heterocycles. The summed E-state index contributed by atoms with van der Waals surface area (Å²) in [4.78, 5) is 14.1. The van der Waals surface area contributed by atoms with Crippen LogP contribution < -0.4 is 4.90 Å². The molecule has 0 N–H and O–H groups in total. The number of nitrogens with zero attached hydrogens (tertiary/aromatic N) is 4. The molecule has 1 aromatic heterocycles. The molecule has 0 spiro atoms. The molecule has 3 aromatic rings. The predicted octanol–water partition coefficient (Wildman–Crippen LogP) is 3.64. The van der Waals surface area contributed by atoms with Gasteiger partial charge in [-0.1, -0.05) is 60.3 Å². The molecule has 0 aliphatic carbocycles. The molecule has 26 heavy (non-hydrogen) atoms. The molecule has 5 nitrogen and oxygen atoms in total. The van der Waals surface area contributed by atoms with Crippen molar-refractivity contribution < 1.29 is 4.79 Å². The second-order valence-corrected chi connectivity index (χ2v) is 6.82. The van der Waals surface area contributed by atoms with Gasteiger partial charge in [-0.3, -0.25) is 4.79 Å². The largest absolute Gasteiger partial charge is 0.315 e. The number of rotatable bonds is 7. The minimum absolute atomic E-state index is 0.0384. The Morgan fingerprint density at radius 3 is 2.35 bits per heavy atom. The zero-order valence-corrected chi connectivity index (χ0v) is 15.8. The van der Waals surface area contributed by atoms with Gasteiger partial charge in [0.1, 0.15) is 5.82 Å². The highest BCUT2D eigenvalue weighted by Gasteiger charge is 2.16. The lowest BCUT2D eigenvalue weighted by Crippen LogP contribution is -2.28. The first-order valence-corrected chi connectivity index (χ1v) is 9.58. The van der Waals surface area contributed by atoms with E-state index in [1.165, 1.54) is 17.3 Å². The highest BCUT2D eigenvalue weighted by molar-refractivity contribution is 7.99. The summed E-state index contributed by atoms with van der Waals surface area (Å²) in [6.45, 7) is 2.85. The van der Waals surface area contributed by atoms with Crippen LogP contribution in [0.2, 0.25) is 0 Å². The molecule has 134 valence electrons. The molecule has 0 aliphatic rings. The minimum atomic E-state index is 0.0384. The quantitative estimate of drug-likeness (QED) is 0.599. The van der Waals surface area contributed by atoms with Gasteiger partial charge >= 0.3 is 0 Å². The van der Waals surface area contributed by atoms with Crippen LogP contribution in [-0.2, 0) is 17.8 Å². The Balaban J connectivity index is 1.66. The first-order valence-electron chi connectivity index (χ1n) is 8.59. The number of hydrogen-bond donors (Lipinski definition) is 0. The number of aromatic nitrogens is 3. The number of thioether (sulfide) groups is 1. The van der Waals surface area contributed by atoms with E-state index in [2.05, 4.69) is 33.8 Å². The van der Waals surface area contributed by atoms with E-state index in [4.69, 9.17) is 0 Å². The van der Waals surface area contributed by atoms with Crippen LogP contribution in [0.25, 0.3) is 0 Å². The van der Waals surface area contributed by atoms with E-state index in [1.807, 2.05) is 48.5 Å². The average Bonchev–Trinajstić information content (AvgIpc) is 3.08. The Morgan fingerprint density at radius 2 is 1.69 bits per heavy atom. The molecule has 3 rings (SSSR count). The van der Waals surface area contributed by atoms with E-state index in [9.17, 15) is 4.79 Å². The van der Waals surface area contributed by atoms with Gasteiger partial charge in [0.15, 0.2) is 5.16 Å². The van der Waals surface area contributed by atoms with Crippen LogP contribution in [0.4, 0.5) is 5.69 Å². The lowest BCUT2D eigenvalue weighted by atomic mass is 10.1. The molecule has 2 aromatic carbocycles. The number of benzene rings is 2. The van der Waals surface area contributed by atoms with Gasteiger partial charge < -0.3 is 9.47 Å². The second-order valence-electron chi connectivity index (χ2n) is 5.88. The van der Waals surface area contributed by atoms with E-state index in [1.54, 1.807) is 11.9 Å². The fraction of sp³-hybridized carbons (Fsp3) is 0.250. The number of hydrogen-bond acceptors (Lipinski definition) is 4. The Kier molecular flexibility index (Phi) is 6.07. The predicted molar refractivity (Wildman–Crippen MR) is 106 cm³/mol. The monoisotopic (exact) mass is 366 g/mol. The molecule has 0 radical (unpaired) electrons. The van der Waals surface area contributed by atoms with E-state index in [-0.39, 0.29) is 5.91 Å². The van der Waals surface area contributed by atoms with Crippen LogP contribution in [-0.4, -0.2) is 33.5 Å². The van der Waals surface area contributed by atoms with Crippen molar-refractivity contribution in [2.75, 3.05) is 17.7 Å². The van der Waals surface area contributed by atoms with Gasteiger partial charge in [0, 0.05) is 25.7 Å². The lowest BCUT2D eigenvalue weighted by Gasteiger charge is -2.16. The van der Waals surface area contributed by atoms with Gasteiger partial charge in [-0.05, 0) is 24.6 Å². The van der Waals surface area contributed by atoms with E-state index >= 15 is 0 Å². The lowest BCUT2D eigenvalue weighted by molar-refractivity contribution is -0.115. The molecule has 1 amide bonds. The van der Waals surface area contributed by atoms with E-state index in [0.717, 1.165) is 29.6 Å². The van der Waals surface area contributed by atoms with Gasteiger partial charge in [0.25, 0.3) is 0 Å². The van der Waals surface area contributed by atoms with Gasteiger partial charge in [-0.25, -0.2) is 0 Å². The number of anilines is 1. The summed E-state index contributed by atoms with van der Waals surface area (Å²) in [5, 5.41) is 9.41. The normalized spacial score (nSPS) is 10.7. The maximum absolute atomic E-state index is 12.5. The maximum atomic E-state index is 12.5. The number of carbonyl (C=O) groups excluding carboxylic acids is 1. The number of para-hydroxylation sites is 1. The van der Waals surface area contributed by atoms with Crippen molar-refractivity contribution >= 4 is 23.4 Å². The average molecular weight is 366 g/mol. The number of carbonyl (C=O) groups is 1. The van der Waals surface area contributed by atoms with Crippen LogP contribution in [0.5, 0.6) is 0 Å². The van der Waals surface area contributed by atoms with Crippen molar-refractivity contribution in [1.29, 1.82) is 0 Å². The Hall–Kier alpha value is -2.60. The summed E-state index contributed by atoms with van der Waals surface area (Å²) in [5.41, 5.74) is 2.09. The van der Waals surface area contributed by atoms with Crippen molar-refractivity contribution in [1.82, 2.24) is 14.8 Å². The highest BCUT2D eigenvalue weighted by Crippen LogP contribution is 2.20. The Labute approximate surface area is 158 Å². The smallest absolute Gasteiger partial charge is 0.237 e. The Morgan fingerprint density at radius 1 is 1.04 bits per heavy atom. The molecule has 0 fully saturated rings. The van der Waals surface area contributed by atoms with Crippen molar-refractivity contribution in [2.24, 2.45) is 0 Å². The fourth-order valence-corrected chi connectivity index (χ4v) is 3.61.